The number of rotatable bonds is 5. The number of nitrogens with one attached hydrogen (secondary N) is 1. The number of benzene rings is 1. The fourth-order valence-electron chi connectivity index (χ4n) is 2.07. The molecule has 5 heteroatoms. The Morgan fingerprint density at radius 1 is 1.42 bits per heavy atom. The van der Waals surface area contributed by atoms with Crippen LogP contribution >= 0.6 is 0 Å². The third kappa shape index (κ3) is 2.88. The summed E-state index contributed by atoms with van der Waals surface area (Å²) in [6, 6.07) is 7.30. The molecule has 2 rings (SSSR count). The van der Waals surface area contributed by atoms with Crippen LogP contribution < -0.4 is 11.1 Å². The molecule has 0 aromatic heterocycles. The van der Waals surface area contributed by atoms with Crippen molar-refractivity contribution < 1.29 is 15.0 Å². The summed E-state index contributed by atoms with van der Waals surface area (Å²) in [5, 5.41) is 21.4. The Morgan fingerprint density at radius 2 is 2.00 bits per heavy atom. The number of amides is 1. The van der Waals surface area contributed by atoms with E-state index in [2.05, 4.69) is 5.32 Å². The van der Waals surface area contributed by atoms with Gasteiger partial charge in [0.15, 0.2) is 0 Å². The molecule has 5 nitrogen and oxygen atoms in total. The highest BCUT2D eigenvalue weighted by Crippen LogP contribution is 2.48. The molecule has 5 N–H and O–H groups in total. The number of hydrogen-bond acceptors (Lipinski definition) is 4. The van der Waals surface area contributed by atoms with Gasteiger partial charge in [-0.3, -0.25) is 4.79 Å². The molecule has 1 unspecified atom stereocenters. The summed E-state index contributed by atoms with van der Waals surface area (Å²) in [6.07, 6.45) is 1.59. The van der Waals surface area contributed by atoms with Gasteiger partial charge in [0.2, 0.25) is 5.91 Å². The van der Waals surface area contributed by atoms with E-state index in [1.54, 1.807) is 12.1 Å². The standard InChI is InChI=1S/C14H20N2O3/c1-13(19,9-17)8-16-12(18)14(6-7-14)10-2-4-11(15)5-3-10/h2-5,17,19H,6-9,15H2,1H3,(H,16,18). The molecule has 0 bridgehead atoms. The van der Waals surface area contributed by atoms with Gasteiger partial charge in [0, 0.05) is 12.2 Å². The van der Waals surface area contributed by atoms with Gasteiger partial charge < -0.3 is 21.3 Å². The Balaban J connectivity index is 2.04. The molecule has 19 heavy (non-hydrogen) atoms. The predicted molar refractivity (Wildman–Crippen MR) is 72.5 cm³/mol. The first-order chi connectivity index (χ1) is 8.89. The number of carbonyl (C=O) groups excluding carboxylic acids is 1. The topological polar surface area (TPSA) is 95.6 Å². The molecule has 0 heterocycles. The molecule has 0 spiro atoms. The molecule has 0 aliphatic heterocycles. The highest BCUT2D eigenvalue weighted by molar-refractivity contribution is 5.91. The highest BCUT2D eigenvalue weighted by Gasteiger charge is 2.51. The first-order valence-electron chi connectivity index (χ1n) is 6.37. The smallest absolute Gasteiger partial charge is 0.230 e. The Morgan fingerprint density at radius 3 is 2.47 bits per heavy atom. The zero-order valence-corrected chi connectivity index (χ0v) is 11.0. The largest absolute Gasteiger partial charge is 0.399 e. The number of nitrogen functional groups attached to an aromatic ring is 1. The van der Waals surface area contributed by atoms with E-state index in [1.807, 2.05) is 12.1 Å². The lowest BCUT2D eigenvalue weighted by atomic mass is 9.94. The van der Waals surface area contributed by atoms with Crippen molar-refractivity contribution in [3.05, 3.63) is 29.8 Å². The van der Waals surface area contributed by atoms with Crippen LogP contribution in [0.1, 0.15) is 25.3 Å². The van der Waals surface area contributed by atoms with Crippen molar-refractivity contribution in [2.75, 3.05) is 18.9 Å². The van der Waals surface area contributed by atoms with Gasteiger partial charge in [-0.25, -0.2) is 0 Å². The number of anilines is 1. The second-order valence-corrected chi connectivity index (χ2v) is 5.54. The molecule has 1 aromatic carbocycles. The number of aliphatic hydroxyl groups excluding tert-OH is 1. The van der Waals surface area contributed by atoms with Crippen LogP contribution in [0, 0.1) is 0 Å². The summed E-state index contributed by atoms with van der Waals surface area (Å²) < 4.78 is 0. The zero-order chi connectivity index (χ0) is 14.1. The van der Waals surface area contributed by atoms with Crippen LogP contribution in [0.5, 0.6) is 0 Å². The SMILES string of the molecule is CC(O)(CO)CNC(=O)C1(c2ccc(N)cc2)CC1. The van der Waals surface area contributed by atoms with E-state index < -0.39 is 11.0 Å². The lowest BCUT2D eigenvalue weighted by Gasteiger charge is -2.23. The third-order valence-electron chi connectivity index (χ3n) is 3.62. The van der Waals surface area contributed by atoms with Gasteiger partial charge >= 0.3 is 0 Å². The summed E-state index contributed by atoms with van der Waals surface area (Å²) in [7, 11) is 0. The lowest BCUT2D eigenvalue weighted by Crippen LogP contribution is -2.46. The predicted octanol–water partition coefficient (Wildman–Crippen LogP) is 0.160. The van der Waals surface area contributed by atoms with Crippen LogP contribution in [0.25, 0.3) is 0 Å². The quantitative estimate of drug-likeness (QED) is 0.570. The summed E-state index contributed by atoms with van der Waals surface area (Å²) in [5.74, 6) is -0.106. The summed E-state index contributed by atoms with van der Waals surface area (Å²) in [4.78, 5) is 12.2. The fraction of sp³-hybridized carbons (Fsp3) is 0.500. The van der Waals surface area contributed by atoms with Crippen molar-refractivity contribution in [3.8, 4) is 0 Å². The minimum absolute atomic E-state index is 0.0407. The number of aliphatic hydroxyl groups is 2. The Kier molecular flexibility index (Phi) is 3.52. The van der Waals surface area contributed by atoms with E-state index in [9.17, 15) is 9.90 Å². The van der Waals surface area contributed by atoms with Gasteiger partial charge in [0.25, 0.3) is 0 Å². The molecule has 1 aromatic rings. The van der Waals surface area contributed by atoms with Crippen LogP contribution in [0.4, 0.5) is 5.69 Å². The summed E-state index contributed by atoms with van der Waals surface area (Å²) in [6.45, 7) is 1.14. The van der Waals surface area contributed by atoms with Crippen LogP contribution in [-0.2, 0) is 10.2 Å². The second-order valence-electron chi connectivity index (χ2n) is 5.54. The molecule has 1 amide bonds. The van der Waals surface area contributed by atoms with Crippen molar-refractivity contribution in [3.63, 3.8) is 0 Å². The molecule has 1 aliphatic carbocycles. The maximum absolute atomic E-state index is 12.2. The van der Waals surface area contributed by atoms with Crippen molar-refractivity contribution in [1.82, 2.24) is 5.32 Å². The van der Waals surface area contributed by atoms with Gasteiger partial charge in [-0.05, 0) is 37.5 Å². The van der Waals surface area contributed by atoms with E-state index in [0.717, 1.165) is 18.4 Å². The monoisotopic (exact) mass is 264 g/mol. The van der Waals surface area contributed by atoms with Crippen LogP contribution in [-0.4, -0.2) is 34.9 Å². The van der Waals surface area contributed by atoms with E-state index in [4.69, 9.17) is 10.8 Å². The fourth-order valence-corrected chi connectivity index (χ4v) is 2.07. The van der Waals surface area contributed by atoms with Crippen molar-refractivity contribution in [2.24, 2.45) is 0 Å². The van der Waals surface area contributed by atoms with Crippen molar-refractivity contribution >= 4 is 11.6 Å². The molecule has 0 saturated heterocycles. The average molecular weight is 264 g/mol. The van der Waals surface area contributed by atoms with Crippen LogP contribution in [0.3, 0.4) is 0 Å². The molecule has 0 radical (unpaired) electrons. The second kappa shape index (κ2) is 4.83. The normalized spacial score (nSPS) is 19.5. The maximum atomic E-state index is 12.2. The molecule has 1 fully saturated rings. The van der Waals surface area contributed by atoms with Gasteiger partial charge in [-0.1, -0.05) is 12.1 Å². The first kappa shape index (κ1) is 13.8. The van der Waals surface area contributed by atoms with Crippen molar-refractivity contribution in [2.45, 2.75) is 30.8 Å². The Bertz CT molecular complexity index is 464. The zero-order valence-electron chi connectivity index (χ0n) is 11.0. The number of carbonyl (C=O) groups is 1. The van der Waals surface area contributed by atoms with E-state index >= 15 is 0 Å². The van der Waals surface area contributed by atoms with Gasteiger partial charge in [-0.2, -0.15) is 0 Å². The van der Waals surface area contributed by atoms with Crippen LogP contribution in [0.15, 0.2) is 24.3 Å². The number of hydrogen-bond donors (Lipinski definition) is 4. The Hall–Kier alpha value is -1.59. The highest BCUT2D eigenvalue weighted by atomic mass is 16.3. The van der Waals surface area contributed by atoms with Crippen molar-refractivity contribution in [1.29, 1.82) is 0 Å². The Labute approximate surface area is 112 Å². The minimum Gasteiger partial charge on any atom is -0.399 e. The van der Waals surface area contributed by atoms with E-state index in [-0.39, 0.29) is 19.1 Å². The number of nitrogens with two attached hydrogens (primary N) is 1. The van der Waals surface area contributed by atoms with Gasteiger partial charge in [0.05, 0.1) is 12.0 Å². The maximum Gasteiger partial charge on any atom is 0.230 e. The van der Waals surface area contributed by atoms with Gasteiger partial charge in [-0.15, -0.1) is 0 Å². The van der Waals surface area contributed by atoms with Gasteiger partial charge in [0.1, 0.15) is 5.60 Å². The third-order valence-corrected chi connectivity index (χ3v) is 3.62. The molecule has 1 atom stereocenters. The van der Waals surface area contributed by atoms with E-state index in [0.29, 0.717) is 5.69 Å². The molecule has 1 aliphatic rings. The van der Waals surface area contributed by atoms with Crippen LogP contribution in [0.2, 0.25) is 0 Å². The molecular weight excluding hydrogens is 244 g/mol. The lowest BCUT2D eigenvalue weighted by molar-refractivity contribution is -0.125. The molecule has 104 valence electrons. The molecular formula is C14H20N2O3. The summed E-state index contributed by atoms with van der Waals surface area (Å²) >= 11 is 0. The average Bonchev–Trinajstić information content (AvgIpc) is 3.18. The minimum atomic E-state index is -1.28. The first-order valence-corrected chi connectivity index (χ1v) is 6.37. The molecule has 1 saturated carbocycles. The van der Waals surface area contributed by atoms with E-state index in [1.165, 1.54) is 6.92 Å². The summed E-state index contributed by atoms with van der Waals surface area (Å²) in [5.41, 5.74) is 5.48.